The van der Waals surface area contributed by atoms with Crippen LogP contribution in [0.25, 0.3) is 12.2 Å². The molecular formula is C18H14N4Zn2. The normalized spacial score (nSPS) is 20.1. The van der Waals surface area contributed by atoms with Gasteiger partial charge in [-0.25, -0.2) is 0 Å². The van der Waals surface area contributed by atoms with Crippen molar-refractivity contribution in [3.63, 3.8) is 0 Å². The Morgan fingerprint density at radius 3 is 2.29 bits per heavy atom. The minimum atomic E-state index is 0.792. The average Bonchev–Trinajstić information content (AvgIpc) is 3.30. The summed E-state index contributed by atoms with van der Waals surface area (Å²) < 4.78 is 4.10. The molecule has 6 heteroatoms. The number of hydrogen-bond acceptors (Lipinski definition) is 3. The van der Waals surface area contributed by atoms with Crippen LogP contribution in [0.2, 0.25) is 0 Å². The first-order valence-corrected chi connectivity index (χ1v) is 11.0. The van der Waals surface area contributed by atoms with Gasteiger partial charge in [0.1, 0.15) is 0 Å². The van der Waals surface area contributed by atoms with E-state index in [0.29, 0.717) is 0 Å². The summed E-state index contributed by atoms with van der Waals surface area (Å²) in [6.45, 7) is 0. The topological polar surface area (TPSA) is 66.5 Å². The van der Waals surface area contributed by atoms with Gasteiger partial charge in [-0.05, 0) is 0 Å². The summed E-state index contributed by atoms with van der Waals surface area (Å²) in [6.07, 6.45) is 14.0. The fourth-order valence-electron chi connectivity index (χ4n) is 2.29. The molecule has 2 aliphatic rings. The molecule has 0 fully saturated rings. The van der Waals surface area contributed by atoms with E-state index in [2.05, 4.69) is 19.6 Å². The van der Waals surface area contributed by atoms with Crippen LogP contribution in [0.4, 0.5) is 0 Å². The van der Waals surface area contributed by atoms with Crippen LogP contribution in [0.1, 0.15) is 11.4 Å². The number of nitrogens with two attached hydrogens (primary N) is 1. The number of allylic oxidation sites excluding steroid dienone is 6. The summed E-state index contributed by atoms with van der Waals surface area (Å²) in [7, 11) is 0. The molecule has 0 spiro atoms. The van der Waals surface area contributed by atoms with E-state index in [0.717, 1.165) is 75.6 Å². The number of aromatic amines is 1. The molecule has 0 unspecified atom stereocenters. The first-order chi connectivity index (χ1) is 11.7. The van der Waals surface area contributed by atoms with Gasteiger partial charge in [0.05, 0.1) is 0 Å². The molecule has 3 N–H and O–H groups in total. The Kier molecular flexibility index (Phi) is 5.50. The first kappa shape index (κ1) is 16.9. The van der Waals surface area contributed by atoms with Gasteiger partial charge in [-0.1, -0.05) is 0 Å². The Morgan fingerprint density at radius 2 is 1.58 bits per heavy atom. The predicted octanol–water partition coefficient (Wildman–Crippen LogP) is 2.26. The maximum absolute atomic E-state index is 5.84. The van der Waals surface area contributed by atoms with Gasteiger partial charge in [-0.3, -0.25) is 0 Å². The number of nitrogens with zero attached hydrogens (tertiary/aromatic N) is 2. The molecule has 0 saturated carbocycles. The summed E-state index contributed by atoms with van der Waals surface area (Å²) >= 11 is 2.16. The molecule has 0 atom stereocenters. The zero-order chi connectivity index (χ0) is 16.9. The first-order valence-electron chi connectivity index (χ1n) is 7.54. The van der Waals surface area contributed by atoms with Crippen LogP contribution in [0.3, 0.4) is 0 Å². The summed E-state index contributed by atoms with van der Waals surface area (Å²) in [6, 6.07) is 4.03. The van der Waals surface area contributed by atoms with Crippen molar-refractivity contribution < 1.29 is 35.7 Å². The minimum absolute atomic E-state index is 0.792. The molecule has 0 radical (unpaired) electrons. The van der Waals surface area contributed by atoms with E-state index < -0.39 is 0 Å². The van der Waals surface area contributed by atoms with Gasteiger partial charge in [0.2, 0.25) is 0 Å². The van der Waals surface area contributed by atoms with Crippen molar-refractivity contribution in [2.75, 3.05) is 0 Å². The summed E-state index contributed by atoms with van der Waals surface area (Å²) in [5.41, 5.74) is 12.4. The Hall–Kier alpha value is -1.89. The molecule has 0 aromatic carbocycles. The average molecular weight is 417 g/mol. The van der Waals surface area contributed by atoms with Crippen molar-refractivity contribution in [3.8, 4) is 0 Å². The van der Waals surface area contributed by atoms with Crippen molar-refractivity contribution >= 4 is 32.8 Å². The van der Waals surface area contributed by atoms with E-state index in [1.54, 1.807) is 0 Å². The third kappa shape index (κ3) is 4.34. The molecule has 0 aliphatic carbocycles. The third-order valence-corrected chi connectivity index (χ3v) is 5.33. The van der Waals surface area contributed by atoms with Crippen LogP contribution in [0.15, 0.2) is 69.6 Å². The SMILES string of the molecule is NC([CH]=[Zn])=Cc1ccc(C=C2C=CC(C=C3C=CC([CH]=[Zn])=N3)=N2)[nH]1. The van der Waals surface area contributed by atoms with E-state index >= 15 is 0 Å². The quantitative estimate of drug-likeness (QED) is 0.710. The van der Waals surface area contributed by atoms with Crippen LogP contribution in [-0.2, 0) is 35.7 Å². The molecule has 4 nitrogen and oxygen atoms in total. The standard InChI is InChI=1S/C18H14N4.2Zn/c1-12(19)9-14-5-6-17(21-14)11-18-8-7-16(22-18)10-15-4-3-13(2)20-15;;/h1-11,21H,19H2;;. The van der Waals surface area contributed by atoms with Crippen LogP contribution in [-0.4, -0.2) is 25.6 Å². The van der Waals surface area contributed by atoms with E-state index in [1.807, 2.05) is 59.3 Å². The predicted molar refractivity (Wildman–Crippen MR) is 94.3 cm³/mol. The van der Waals surface area contributed by atoms with Gasteiger partial charge >= 0.3 is 160 Å². The number of nitrogens with one attached hydrogen (secondary N) is 1. The molecule has 2 aliphatic heterocycles. The van der Waals surface area contributed by atoms with E-state index in [9.17, 15) is 0 Å². The second-order valence-electron chi connectivity index (χ2n) is 5.30. The molecule has 3 heterocycles. The van der Waals surface area contributed by atoms with Crippen molar-refractivity contribution in [2.24, 2.45) is 15.7 Å². The monoisotopic (exact) mass is 414 g/mol. The van der Waals surface area contributed by atoms with Gasteiger partial charge in [-0.15, -0.1) is 0 Å². The molecule has 0 saturated heterocycles. The number of aliphatic imine (C=N–C) groups is 2. The van der Waals surface area contributed by atoms with Crippen molar-refractivity contribution in [1.82, 2.24) is 4.98 Å². The van der Waals surface area contributed by atoms with Crippen molar-refractivity contribution in [2.45, 2.75) is 0 Å². The summed E-state index contributed by atoms with van der Waals surface area (Å²) in [5.74, 6) is 0. The van der Waals surface area contributed by atoms with Gasteiger partial charge in [0.25, 0.3) is 0 Å². The zero-order valence-electron chi connectivity index (χ0n) is 13.2. The zero-order valence-corrected chi connectivity index (χ0v) is 19.2. The molecule has 0 amide bonds. The molecule has 0 bridgehead atoms. The molecule has 1 aromatic heterocycles. The van der Waals surface area contributed by atoms with Crippen LogP contribution >= 0.6 is 0 Å². The number of rotatable bonds is 5. The van der Waals surface area contributed by atoms with E-state index in [-0.39, 0.29) is 0 Å². The Labute approximate surface area is 159 Å². The van der Waals surface area contributed by atoms with Gasteiger partial charge in [-0.2, -0.15) is 0 Å². The van der Waals surface area contributed by atoms with Crippen molar-refractivity contribution in [1.29, 1.82) is 0 Å². The fourth-order valence-corrected chi connectivity index (χ4v) is 3.02. The van der Waals surface area contributed by atoms with Crippen molar-refractivity contribution in [3.05, 3.63) is 71.0 Å². The van der Waals surface area contributed by atoms with Crippen LogP contribution in [0, 0.1) is 0 Å². The molecule has 24 heavy (non-hydrogen) atoms. The molecule has 1 aromatic rings. The molecular weight excluding hydrogens is 403 g/mol. The van der Waals surface area contributed by atoms with Gasteiger partial charge < -0.3 is 0 Å². The Bertz CT molecular complexity index is 905. The molecule has 110 valence electrons. The third-order valence-electron chi connectivity index (χ3n) is 3.46. The number of H-pyrrole nitrogens is 1. The second kappa shape index (κ2) is 7.79. The summed E-state index contributed by atoms with van der Waals surface area (Å²) in [5, 5.41) is 0. The Balaban J connectivity index is 1.76. The number of hydrogen-bond donors (Lipinski definition) is 2. The summed E-state index contributed by atoms with van der Waals surface area (Å²) in [4.78, 5) is 12.4. The van der Waals surface area contributed by atoms with Crippen LogP contribution in [0.5, 0.6) is 0 Å². The Morgan fingerprint density at radius 1 is 0.917 bits per heavy atom. The second-order valence-corrected chi connectivity index (χ2v) is 7.01. The van der Waals surface area contributed by atoms with Crippen LogP contribution < -0.4 is 5.73 Å². The number of aromatic nitrogens is 1. The van der Waals surface area contributed by atoms with Gasteiger partial charge in [0.15, 0.2) is 0 Å². The fraction of sp³-hybridized carbons (Fsp3) is 0. The van der Waals surface area contributed by atoms with E-state index in [1.165, 1.54) is 0 Å². The van der Waals surface area contributed by atoms with E-state index in [4.69, 9.17) is 5.73 Å². The molecule has 3 rings (SSSR count). The maximum atomic E-state index is 5.84. The van der Waals surface area contributed by atoms with Gasteiger partial charge in [0, 0.05) is 0 Å².